The fraction of sp³-hybridized carbons (Fsp3) is 0.267. The van der Waals surface area contributed by atoms with Gasteiger partial charge in [-0.15, -0.1) is 0 Å². The zero-order valence-electron chi connectivity index (χ0n) is 21.1. The normalized spacial score (nSPS) is 18.2. The van der Waals surface area contributed by atoms with Crippen LogP contribution in [0.3, 0.4) is 0 Å². The van der Waals surface area contributed by atoms with Crippen LogP contribution in [-0.2, 0) is 16.0 Å². The van der Waals surface area contributed by atoms with Crippen molar-refractivity contribution in [3.63, 3.8) is 0 Å². The average molecular weight is 518 g/mol. The molecule has 38 heavy (non-hydrogen) atoms. The van der Waals surface area contributed by atoms with E-state index in [1.165, 1.54) is 17.0 Å². The number of fused-ring (bicyclic) bond motifs is 1. The number of nitrogens with zero attached hydrogens (tertiary/aromatic N) is 1. The molecule has 3 aromatic rings. The molecule has 1 saturated heterocycles. The molecule has 1 N–H and O–H groups in total. The molecule has 1 amide bonds. The average Bonchev–Trinajstić information content (AvgIpc) is 3.17. The molecule has 2 aliphatic rings. The van der Waals surface area contributed by atoms with Gasteiger partial charge in [0.2, 0.25) is 0 Å². The predicted molar refractivity (Wildman–Crippen MR) is 139 cm³/mol. The van der Waals surface area contributed by atoms with Crippen molar-refractivity contribution in [3.05, 3.63) is 94.8 Å². The largest absolute Gasteiger partial charge is 0.507 e. The van der Waals surface area contributed by atoms with Crippen LogP contribution in [0.5, 0.6) is 17.2 Å². The highest BCUT2D eigenvalue weighted by Crippen LogP contribution is 2.42. The molecule has 0 bridgehead atoms. The van der Waals surface area contributed by atoms with Crippen LogP contribution >= 0.6 is 0 Å². The maximum absolute atomic E-state index is 13.4. The lowest BCUT2D eigenvalue weighted by Gasteiger charge is -2.26. The van der Waals surface area contributed by atoms with Gasteiger partial charge in [0.05, 0.1) is 17.7 Å². The lowest BCUT2D eigenvalue weighted by molar-refractivity contribution is -0.139. The zero-order valence-corrected chi connectivity index (χ0v) is 21.1. The van der Waals surface area contributed by atoms with Gasteiger partial charge in [0.15, 0.2) is 11.5 Å². The first-order valence-corrected chi connectivity index (χ1v) is 12.5. The van der Waals surface area contributed by atoms with Crippen molar-refractivity contribution in [2.45, 2.75) is 32.4 Å². The van der Waals surface area contributed by atoms with E-state index in [2.05, 4.69) is 0 Å². The maximum Gasteiger partial charge on any atom is 0.295 e. The number of Topliss-reactive ketones (excluding diaryl/α,β-unsaturated/α-hetero) is 1. The van der Waals surface area contributed by atoms with Gasteiger partial charge in [0.1, 0.15) is 30.5 Å². The van der Waals surface area contributed by atoms with E-state index in [-0.39, 0.29) is 29.8 Å². The van der Waals surface area contributed by atoms with Gasteiger partial charge >= 0.3 is 0 Å². The number of aliphatic hydroxyl groups excluding tert-OH is 1. The number of ether oxygens (including phenoxy) is 3. The molecule has 2 aliphatic heterocycles. The molecule has 0 radical (unpaired) electrons. The second-order valence-corrected chi connectivity index (χ2v) is 9.47. The summed E-state index contributed by atoms with van der Waals surface area (Å²) in [5.41, 5.74) is 1.76. The summed E-state index contributed by atoms with van der Waals surface area (Å²) in [6.07, 6.45) is 0.323. The first-order chi connectivity index (χ1) is 18.3. The van der Waals surface area contributed by atoms with Gasteiger partial charge in [0.25, 0.3) is 11.7 Å². The second kappa shape index (κ2) is 10.6. The minimum Gasteiger partial charge on any atom is -0.507 e. The van der Waals surface area contributed by atoms with Gasteiger partial charge in [0, 0.05) is 12.1 Å². The number of rotatable bonds is 7. The Kier molecular flexibility index (Phi) is 7.05. The van der Waals surface area contributed by atoms with Gasteiger partial charge in [-0.2, -0.15) is 0 Å². The molecule has 3 aromatic carbocycles. The molecule has 7 nitrogen and oxygen atoms in total. The summed E-state index contributed by atoms with van der Waals surface area (Å²) >= 11 is 0. The van der Waals surface area contributed by atoms with Crippen LogP contribution in [0, 0.1) is 5.82 Å². The third-order valence-electron chi connectivity index (χ3n) is 6.46. The second-order valence-electron chi connectivity index (χ2n) is 9.47. The quantitative estimate of drug-likeness (QED) is 0.268. The van der Waals surface area contributed by atoms with Gasteiger partial charge < -0.3 is 24.2 Å². The Bertz CT molecular complexity index is 1400. The molecule has 0 spiro atoms. The number of amides is 1. The Labute approximate surface area is 220 Å². The number of aliphatic hydroxyl groups is 1. The molecule has 1 atom stereocenters. The van der Waals surface area contributed by atoms with Crippen LogP contribution in [0.2, 0.25) is 0 Å². The molecule has 0 aliphatic carbocycles. The number of halogens is 1. The van der Waals surface area contributed by atoms with Crippen LogP contribution < -0.4 is 14.2 Å². The van der Waals surface area contributed by atoms with E-state index in [1.54, 1.807) is 54.6 Å². The van der Waals surface area contributed by atoms with E-state index in [0.29, 0.717) is 48.0 Å². The Hall–Kier alpha value is -4.33. The van der Waals surface area contributed by atoms with Crippen molar-refractivity contribution in [3.8, 4) is 17.2 Å². The van der Waals surface area contributed by atoms with Crippen LogP contribution in [0.15, 0.2) is 72.3 Å². The first kappa shape index (κ1) is 25.3. The number of likely N-dealkylation sites (tertiary alicyclic amines) is 1. The summed E-state index contributed by atoms with van der Waals surface area (Å²) < 4.78 is 30.4. The minimum atomic E-state index is -0.848. The summed E-state index contributed by atoms with van der Waals surface area (Å²) in [4.78, 5) is 28.1. The number of carbonyl (C=O) groups excluding carboxylic acids is 2. The number of hydrogen-bond acceptors (Lipinski definition) is 6. The van der Waals surface area contributed by atoms with Crippen LogP contribution in [-0.4, -0.2) is 47.6 Å². The SMILES string of the molecule is CC(C)Oc1cccc(C2/C(=C(/O)c3ccc4c(c3)OCCO4)C(=O)C(=O)N2CCc2ccc(F)cc2)c1. The predicted octanol–water partition coefficient (Wildman–Crippen LogP) is 5.05. The topological polar surface area (TPSA) is 85.3 Å². The highest BCUT2D eigenvalue weighted by Gasteiger charge is 2.46. The minimum absolute atomic E-state index is 0.0209. The van der Waals surface area contributed by atoms with Crippen molar-refractivity contribution in [1.29, 1.82) is 0 Å². The molecule has 0 saturated carbocycles. The lowest BCUT2D eigenvalue weighted by atomic mass is 9.94. The Balaban J connectivity index is 1.57. The van der Waals surface area contributed by atoms with E-state index in [4.69, 9.17) is 14.2 Å². The van der Waals surface area contributed by atoms with Gasteiger partial charge in [-0.1, -0.05) is 24.3 Å². The van der Waals surface area contributed by atoms with Crippen LogP contribution in [0.25, 0.3) is 5.76 Å². The summed E-state index contributed by atoms with van der Waals surface area (Å²) in [6, 6.07) is 17.2. The zero-order chi connectivity index (χ0) is 26.8. The van der Waals surface area contributed by atoms with Gasteiger partial charge in [-0.05, 0) is 73.9 Å². The first-order valence-electron chi connectivity index (χ1n) is 12.5. The Morgan fingerprint density at radius 2 is 1.76 bits per heavy atom. The molecule has 8 heteroatoms. The summed E-state index contributed by atoms with van der Waals surface area (Å²) in [5.74, 6) is -0.568. The standard InChI is InChI=1S/C30H28FNO6/c1-18(2)38-23-5-3-4-20(16-23)27-26(28(33)21-8-11-24-25(17-21)37-15-14-36-24)29(34)30(35)32(27)13-12-19-6-9-22(31)10-7-19/h3-11,16-18,27,33H,12-15H2,1-2H3/b28-26-. The molecule has 0 aromatic heterocycles. The molecule has 196 valence electrons. The van der Waals surface area contributed by atoms with E-state index >= 15 is 0 Å². The number of ketones is 1. The fourth-order valence-electron chi connectivity index (χ4n) is 4.73. The monoisotopic (exact) mass is 517 g/mol. The summed E-state index contributed by atoms with van der Waals surface area (Å²) in [5, 5.41) is 11.4. The number of benzene rings is 3. The van der Waals surface area contributed by atoms with Gasteiger partial charge in [-0.25, -0.2) is 4.39 Å². The lowest BCUT2D eigenvalue weighted by Crippen LogP contribution is -2.31. The number of carbonyl (C=O) groups is 2. The molecule has 1 unspecified atom stereocenters. The molecular weight excluding hydrogens is 489 g/mol. The Morgan fingerprint density at radius 3 is 2.50 bits per heavy atom. The third kappa shape index (κ3) is 5.07. The van der Waals surface area contributed by atoms with Crippen molar-refractivity contribution in [2.24, 2.45) is 0 Å². The van der Waals surface area contributed by atoms with E-state index in [9.17, 15) is 19.1 Å². The van der Waals surface area contributed by atoms with E-state index < -0.39 is 17.7 Å². The highest BCUT2D eigenvalue weighted by molar-refractivity contribution is 6.46. The molecule has 1 fully saturated rings. The Morgan fingerprint density at radius 1 is 1.03 bits per heavy atom. The highest BCUT2D eigenvalue weighted by atomic mass is 19.1. The van der Waals surface area contributed by atoms with Crippen molar-refractivity contribution in [2.75, 3.05) is 19.8 Å². The van der Waals surface area contributed by atoms with Gasteiger partial charge in [-0.3, -0.25) is 9.59 Å². The van der Waals surface area contributed by atoms with E-state index in [1.807, 2.05) is 13.8 Å². The number of hydrogen-bond donors (Lipinski definition) is 1. The van der Waals surface area contributed by atoms with E-state index in [0.717, 1.165) is 5.56 Å². The smallest absolute Gasteiger partial charge is 0.295 e. The van der Waals surface area contributed by atoms with Crippen molar-refractivity contribution >= 4 is 17.4 Å². The summed E-state index contributed by atoms with van der Waals surface area (Å²) in [6.45, 7) is 4.79. The summed E-state index contributed by atoms with van der Waals surface area (Å²) in [7, 11) is 0. The molecular formula is C30H28FNO6. The van der Waals surface area contributed by atoms with Crippen LogP contribution in [0.4, 0.5) is 4.39 Å². The van der Waals surface area contributed by atoms with Crippen molar-refractivity contribution < 1.29 is 33.3 Å². The van der Waals surface area contributed by atoms with Crippen molar-refractivity contribution in [1.82, 2.24) is 4.90 Å². The van der Waals surface area contributed by atoms with Crippen LogP contribution in [0.1, 0.15) is 36.6 Å². The maximum atomic E-state index is 13.4. The fourth-order valence-corrected chi connectivity index (χ4v) is 4.73. The molecule has 2 heterocycles. The molecule has 5 rings (SSSR count). The third-order valence-corrected chi connectivity index (χ3v) is 6.46.